The second-order valence-electron chi connectivity index (χ2n) is 6.36. The number of hydrogen-bond acceptors (Lipinski definition) is 3. The number of nitrogens with one attached hydrogen (secondary N) is 1. The average Bonchev–Trinajstić information content (AvgIpc) is 3.10. The van der Waals surface area contributed by atoms with E-state index in [1.165, 1.54) is 12.8 Å². The minimum atomic E-state index is -0.199. The number of fused-ring (bicyclic) bond motifs is 1. The van der Waals surface area contributed by atoms with Gasteiger partial charge >= 0.3 is 0 Å². The van der Waals surface area contributed by atoms with Gasteiger partial charge in [-0.2, -0.15) is 0 Å². The highest BCUT2D eigenvalue weighted by Crippen LogP contribution is 2.28. The molecule has 3 atom stereocenters. The predicted octanol–water partition coefficient (Wildman–Crippen LogP) is 1.40. The van der Waals surface area contributed by atoms with Crippen LogP contribution in [0.5, 0.6) is 0 Å². The number of likely N-dealkylation sites (tertiary alicyclic amines) is 1. The molecular formula is C15H26N2O2. The van der Waals surface area contributed by atoms with Gasteiger partial charge in [0, 0.05) is 26.2 Å². The van der Waals surface area contributed by atoms with Gasteiger partial charge in [-0.15, -0.1) is 0 Å². The highest BCUT2D eigenvalue weighted by Gasteiger charge is 2.40. The molecule has 3 aliphatic rings. The van der Waals surface area contributed by atoms with Crippen LogP contribution in [-0.2, 0) is 9.53 Å². The van der Waals surface area contributed by atoms with Crippen molar-refractivity contribution >= 4 is 5.91 Å². The third-order valence-corrected chi connectivity index (χ3v) is 5.01. The summed E-state index contributed by atoms with van der Waals surface area (Å²) in [5.41, 5.74) is 0. The van der Waals surface area contributed by atoms with Gasteiger partial charge in [-0.05, 0) is 31.1 Å². The minimum absolute atomic E-state index is 0.199. The Morgan fingerprint density at radius 1 is 1.26 bits per heavy atom. The maximum Gasteiger partial charge on any atom is 0.251 e. The number of nitrogens with zero attached hydrogens (tertiary/aromatic N) is 1. The summed E-state index contributed by atoms with van der Waals surface area (Å²) < 4.78 is 6.05. The molecule has 1 N–H and O–H groups in total. The maximum atomic E-state index is 12.6. The highest BCUT2D eigenvalue weighted by molar-refractivity contribution is 5.81. The van der Waals surface area contributed by atoms with Gasteiger partial charge in [0.1, 0.15) is 6.10 Å². The predicted molar refractivity (Wildman–Crippen MR) is 73.8 cm³/mol. The van der Waals surface area contributed by atoms with E-state index in [9.17, 15) is 4.79 Å². The van der Waals surface area contributed by atoms with Crippen LogP contribution in [-0.4, -0.2) is 49.2 Å². The molecule has 0 radical (unpaired) electrons. The van der Waals surface area contributed by atoms with Crippen molar-refractivity contribution in [1.82, 2.24) is 10.2 Å². The van der Waals surface area contributed by atoms with Crippen molar-refractivity contribution in [3.63, 3.8) is 0 Å². The number of rotatable bonds is 4. The van der Waals surface area contributed by atoms with Gasteiger partial charge in [0.2, 0.25) is 0 Å². The summed E-state index contributed by atoms with van der Waals surface area (Å²) in [4.78, 5) is 14.6. The lowest BCUT2D eigenvalue weighted by atomic mass is 10.0. The van der Waals surface area contributed by atoms with E-state index < -0.39 is 0 Å². The summed E-state index contributed by atoms with van der Waals surface area (Å²) in [6.07, 6.45) is 5.73. The van der Waals surface area contributed by atoms with E-state index in [4.69, 9.17) is 4.74 Å². The number of amides is 1. The van der Waals surface area contributed by atoms with Crippen molar-refractivity contribution in [2.24, 2.45) is 11.8 Å². The third-order valence-electron chi connectivity index (χ3n) is 5.01. The van der Waals surface area contributed by atoms with E-state index >= 15 is 0 Å². The molecule has 0 bridgehead atoms. The number of carbonyl (C=O) groups excluding carboxylic acids is 1. The smallest absolute Gasteiger partial charge is 0.251 e. The molecule has 0 aromatic heterocycles. The van der Waals surface area contributed by atoms with Crippen LogP contribution in [0.2, 0.25) is 0 Å². The topological polar surface area (TPSA) is 41.6 Å². The van der Waals surface area contributed by atoms with Crippen LogP contribution in [0, 0.1) is 11.8 Å². The van der Waals surface area contributed by atoms with Crippen molar-refractivity contribution in [2.75, 3.05) is 26.2 Å². The first-order valence-corrected chi connectivity index (χ1v) is 7.93. The molecule has 108 valence electrons. The van der Waals surface area contributed by atoms with Crippen molar-refractivity contribution in [2.45, 2.75) is 51.2 Å². The normalized spacial score (nSPS) is 32.8. The Morgan fingerprint density at radius 2 is 1.89 bits per heavy atom. The van der Waals surface area contributed by atoms with E-state index in [-0.39, 0.29) is 12.0 Å². The molecule has 2 saturated heterocycles. The summed E-state index contributed by atoms with van der Waals surface area (Å²) in [6, 6.07) is 0. The second-order valence-corrected chi connectivity index (χ2v) is 6.36. The molecule has 2 aliphatic heterocycles. The molecule has 0 aromatic carbocycles. The third kappa shape index (κ3) is 2.79. The highest BCUT2D eigenvalue weighted by atomic mass is 16.5. The van der Waals surface area contributed by atoms with Crippen LogP contribution in [0.4, 0.5) is 0 Å². The quantitative estimate of drug-likeness (QED) is 0.836. The zero-order valence-electron chi connectivity index (χ0n) is 11.9. The Labute approximate surface area is 115 Å². The first-order valence-electron chi connectivity index (χ1n) is 7.93. The van der Waals surface area contributed by atoms with Gasteiger partial charge in [0.15, 0.2) is 0 Å². The van der Waals surface area contributed by atoms with E-state index in [0.29, 0.717) is 17.9 Å². The fraction of sp³-hybridized carbons (Fsp3) is 0.933. The molecule has 1 unspecified atom stereocenters. The van der Waals surface area contributed by atoms with Crippen molar-refractivity contribution < 1.29 is 9.53 Å². The summed E-state index contributed by atoms with van der Waals surface area (Å²) in [7, 11) is 0. The molecule has 1 aliphatic carbocycles. The summed E-state index contributed by atoms with van der Waals surface area (Å²) in [5, 5.41) is 3.42. The van der Waals surface area contributed by atoms with Gasteiger partial charge in [0.05, 0.1) is 6.10 Å². The van der Waals surface area contributed by atoms with Crippen molar-refractivity contribution in [1.29, 1.82) is 0 Å². The van der Waals surface area contributed by atoms with Crippen LogP contribution in [0.15, 0.2) is 0 Å². The van der Waals surface area contributed by atoms with Crippen LogP contribution in [0.25, 0.3) is 0 Å². The van der Waals surface area contributed by atoms with Gasteiger partial charge in [-0.1, -0.05) is 19.8 Å². The lowest BCUT2D eigenvalue weighted by Gasteiger charge is -2.26. The molecule has 4 heteroatoms. The number of carbonyl (C=O) groups is 1. The Bertz CT molecular complexity index is 316. The molecule has 2 heterocycles. The first kappa shape index (κ1) is 13.4. The average molecular weight is 266 g/mol. The molecule has 3 fully saturated rings. The molecule has 0 spiro atoms. The lowest BCUT2D eigenvalue weighted by Crippen LogP contribution is -2.41. The first-order chi connectivity index (χ1) is 9.28. The Morgan fingerprint density at radius 3 is 2.47 bits per heavy atom. The lowest BCUT2D eigenvalue weighted by molar-refractivity contribution is -0.147. The van der Waals surface area contributed by atoms with Crippen molar-refractivity contribution in [3.05, 3.63) is 0 Å². The van der Waals surface area contributed by atoms with E-state index in [0.717, 1.165) is 45.4 Å². The Hall–Kier alpha value is -0.610. The Kier molecular flexibility index (Phi) is 4.08. The maximum absolute atomic E-state index is 12.6. The fourth-order valence-corrected chi connectivity index (χ4v) is 3.82. The van der Waals surface area contributed by atoms with Gasteiger partial charge in [0.25, 0.3) is 5.91 Å². The Balaban J connectivity index is 1.55. The van der Waals surface area contributed by atoms with Gasteiger partial charge in [-0.25, -0.2) is 0 Å². The van der Waals surface area contributed by atoms with E-state index in [1.54, 1.807) is 0 Å². The molecule has 1 amide bonds. The van der Waals surface area contributed by atoms with Crippen LogP contribution < -0.4 is 5.32 Å². The minimum Gasteiger partial charge on any atom is -0.365 e. The molecule has 3 rings (SSSR count). The van der Waals surface area contributed by atoms with Crippen molar-refractivity contribution in [3.8, 4) is 0 Å². The van der Waals surface area contributed by atoms with E-state index in [1.807, 2.05) is 0 Å². The fourth-order valence-electron chi connectivity index (χ4n) is 3.82. The number of hydrogen-bond donors (Lipinski definition) is 1. The SMILES string of the molecule is CCC(OC1CCCC1)C(=O)N1C[C@H]2CNC[C@H]2C1. The largest absolute Gasteiger partial charge is 0.365 e. The zero-order chi connectivity index (χ0) is 13.2. The summed E-state index contributed by atoms with van der Waals surface area (Å²) in [5.74, 6) is 1.59. The van der Waals surface area contributed by atoms with Crippen LogP contribution in [0.3, 0.4) is 0 Å². The molecule has 0 aromatic rings. The zero-order valence-corrected chi connectivity index (χ0v) is 11.9. The van der Waals surface area contributed by atoms with Gasteiger partial charge < -0.3 is 15.0 Å². The van der Waals surface area contributed by atoms with Crippen LogP contribution >= 0.6 is 0 Å². The standard InChI is InChI=1S/C15H26N2O2/c1-2-14(19-13-5-3-4-6-13)15(18)17-9-11-7-16-8-12(11)10-17/h11-14,16H,2-10H2,1H3/t11-,12+,14?. The summed E-state index contributed by atoms with van der Waals surface area (Å²) in [6.45, 7) is 6.08. The molecule has 1 saturated carbocycles. The second kappa shape index (κ2) is 5.80. The number of ether oxygens (including phenoxy) is 1. The molecule has 4 nitrogen and oxygen atoms in total. The van der Waals surface area contributed by atoms with Crippen LogP contribution in [0.1, 0.15) is 39.0 Å². The van der Waals surface area contributed by atoms with Gasteiger partial charge in [-0.3, -0.25) is 4.79 Å². The molecule has 19 heavy (non-hydrogen) atoms. The monoisotopic (exact) mass is 266 g/mol. The summed E-state index contributed by atoms with van der Waals surface area (Å²) >= 11 is 0. The molecular weight excluding hydrogens is 240 g/mol. The van der Waals surface area contributed by atoms with E-state index in [2.05, 4.69) is 17.1 Å².